The maximum atomic E-state index is 12.5. The molecular formula is C20H31N7O7. The van der Waals surface area contributed by atoms with Gasteiger partial charge in [-0.05, 0) is 13.0 Å². The highest BCUT2D eigenvalue weighted by atomic mass is 16.6. The molecule has 0 aromatic rings. The lowest BCUT2D eigenvalue weighted by atomic mass is 10.1. The highest BCUT2D eigenvalue weighted by Gasteiger charge is 2.48. The Bertz CT molecular complexity index is 845. The molecule has 0 spiro atoms. The minimum atomic E-state index is -1.26. The second-order valence-corrected chi connectivity index (χ2v) is 8.28. The third-order valence-corrected chi connectivity index (χ3v) is 6.06. The van der Waals surface area contributed by atoms with Gasteiger partial charge in [-0.2, -0.15) is 0 Å². The van der Waals surface area contributed by atoms with Gasteiger partial charge in [0, 0.05) is 26.1 Å². The van der Waals surface area contributed by atoms with Crippen LogP contribution < -0.4 is 16.0 Å². The van der Waals surface area contributed by atoms with E-state index in [4.69, 9.17) is 9.47 Å². The first kappa shape index (κ1) is 24.3. The summed E-state index contributed by atoms with van der Waals surface area (Å²) in [6.45, 7) is 3.98. The number of methoxy groups -OCH3 is 1. The molecule has 0 aromatic carbocycles. The Morgan fingerprint density at radius 3 is 2.82 bits per heavy atom. The van der Waals surface area contributed by atoms with Gasteiger partial charge in [0.1, 0.15) is 24.0 Å². The molecular weight excluding hydrogens is 450 g/mol. The molecule has 2 amide bonds. The van der Waals surface area contributed by atoms with Crippen molar-refractivity contribution in [1.29, 1.82) is 0 Å². The average Bonchev–Trinajstić information content (AvgIpc) is 3.40. The van der Waals surface area contributed by atoms with Gasteiger partial charge in [-0.1, -0.05) is 0 Å². The normalized spacial score (nSPS) is 30.8. The molecule has 5 N–H and O–H groups in total. The third kappa shape index (κ3) is 5.47. The number of rotatable bonds is 8. The standard InChI is InChI=1S/C20H31N7O7/c1-32-20(31)21-9-12-15(29)16(30)19(34-12)27-11-24-14-17(22-10-23-18(14)27)25-13(28)3-2-4-26-5-7-33-8-6-26/h10-12,15-16,18-19,29-30H,2-9H2,1H3,(H,21,31)(H,22,23)(H,25,28)/t12-,15-,16-,18?,19-/m1/s1. The predicted octanol–water partition coefficient (Wildman–Crippen LogP) is -2.51. The molecule has 5 atom stereocenters. The summed E-state index contributed by atoms with van der Waals surface area (Å²) < 4.78 is 15.6. The number of hydrogen-bond donors (Lipinski definition) is 5. The summed E-state index contributed by atoms with van der Waals surface area (Å²) in [6.07, 6.45) is -1.52. The Morgan fingerprint density at radius 2 is 2.06 bits per heavy atom. The van der Waals surface area contributed by atoms with Gasteiger partial charge in [-0.25, -0.2) is 14.8 Å². The second-order valence-electron chi connectivity index (χ2n) is 8.28. The van der Waals surface area contributed by atoms with Crippen LogP contribution in [0.15, 0.2) is 21.5 Å². The van der Waals surface area contributed by atoms with Crippen LogP contribution in [0.3, 0.4) is 0 Å². The fraction of sp³-hybridized carbons (Fsp3) is 0.700. The largest absolute Gasteiger partial charge is 0.453 e. The number of carbonyl (C=O) groups excluding carboxylic acids is 2. The molecule has 188 valence electrons. The molecule has 1 unspecified atom stereocenters. The zero-order valence-electron chi connectivity index (χ0n) is 18.9. The molecule has 0 radical (unpaired) electrons. The minimum Gasteiger partial charge on any atom is -0.453 e. The maximum Gasteiger partial charge on any atom is 0.406 e. The van der Waals surface area contributed by atoms with Gasteiger partial charge in [-0.3, -0.25) is 9.69 Å². The van der Waals surface area contributed by atoms with Crippen LogP contribution in [0, 0.1) is 0 Å². The van der Waals surface area contributed by atoms with E-state index in [2.05, 4.69) is 35.6 Å². The molecule has 0 bridgehead atoms. The summed E-state index contributed by atoms with van der Waals surface area (Å²) in [6, 6.07) is 0. The van der Waals surface area contributed by atoms with Gasteiger partial charge in [0.2, 0.25) is 5.91 Å². The Labute approximate surface area is 196 Å². The lowest BCUT2D eigenvalue weighted by molar-refractivity contribution is -0.120. The fourth-order valence-corrected chi connectivity index (χ4v) is 4.19. The van der Waals surface area contributed by atoms with Crippen LogP contribution >= 0.6 is 0 Å². The second kappa shape index (κ2) is 11.1. The van der Waals surface area contributed by atoms with E-state index in [-0.39, 0.29) is 12.5 Å². The molecule has 4 aliphatic rings. The molecule has 4 aliphatic heterocycles. The first-order valence-electron chi connectivity index (χ1n) is 11.3. The van der Waals surface area contributed by atoms with Crippen LogP contribution in [0.1, 0.15) is 12.8 Å². The smallest absolute Gasteiger partial charge is 0.406 e. The van der Waals surface area contributed by atoms with Crippen LogP contribution in [-0.2, 0) is 19.0 Å². The zero-order valence-corrected chi connectivity index (χ0v) is 18.9. The number of nitrogens with one attached hydrogen (secondary N) is 3. The number of carbonyl (C=O) groups is 2. The number of aliphatic hydroxyl groups excluding tert-OH is 2. The maximum absolute atomic E-state index is 12.5. The van der Waals surface area contributed by atoms with Crippen LogP contribution in [-0.4, -0.2) is 122 Å². The first-order chi connectivity index (χ1) is 16.5. The van der Waals surface area contributed by atoms with Crippen LogP contribution in [0.4, 0.5) is 4.79 Å². The van der Waals surface area contributed by atoms with Crippen molar-refractivity contribution in [3.8, 4) is 0 Å². The number of alkyl carbamates (subject to hydrolysis) is 1. The molecule has 4 heterocycles. The van der Waals surface area contributed by atoms with Crippen molar-refractivity contribution in [2.45, 2.75) is 43.5 Å². The molecule has 0 aromatic heterocycles. The number of hydrogen-bond acceptors (Lipinski definition) is 12. The summed E-state index contributed by atoms with van der Waals surface area (Å²) in [5, 5.41) is 29.2. The van der Waals surface area contributed by atoms with E-state index >= 15 is 0 Å². The van der Waals surface area contributed by atoms with Crippen molar-refractivity contribution < 1.29 is 34.0 Å². The van der Waals surface area contributed by atoms with Gasteiger partial charge in [0.05, 0.1) is 33.0 Å². The lowest BCUT2D eigenvalue weighted by Gasteiger charge is -2.32. The minimum absolute atomic E-state index is 0.0413. The summed E-state index contributed by atoms with van der Waals surface area (Å²) in [7, 11) is 1.23. The number of ether oxygens (including phenoxy) is 3. The van der Waals surface area contributed by atoms with Gasteiger partial charge in [0.15, 0.2) is 18.2 Å². The van der Waals surface area contributed by atoms with Crippen molar-refractivity contribution in [3.63, 3.8) is 0 Å². The Hall–Kier alpha value is -2.78. The molecule has 2 fully saturated rings. The van der Waals surface area contributed by atoms with Crippen molar-refractivity contribution in [2.75, 3.05) is 46.5 Å². The number of amides is 2. The number of fused-ring (bicyclic) bond motifs is 1. The summed E-state index contributed by atoms with van der Waals surface area (Å²) >= 11 is 0. The van der Waals surface area contributed by atoms with Crippen molar-refractivity contribution in [2.24, 2.45) is 9.98 Å². The van der Waals surface area contributed by atoms with Crippen LogP contribution in [0.25, 0.3) is 0 Å². The van der Waals surface area contributed by atoms with Gasteiger partial charge in [-0.15, -0.1) is 0 Å². The van der Waals surface area contributed by atoms with E-state index in [0.717, 1.165) is 39.3 Å². The van der Waals surface area contributed by atoms with E-state index in [1.165, 1.54) is 19.8 Å². The number of nitrogens with zero attached hydrogens (tertiary/aromatic N) is 4. The third-order valence-electron chi connectivity index (χ3n) is 6.06. The molecule has 2 saturated heterocycles. The topological polar surface area (TPSA) is 170 Å². The van der Waals surface area contributed by atoms with Crippen LogP contribution in [0.5, 0.6) is 0 Å². The monoisotopic (exact) mass is 481 g/mol. The van der Waals surface area contributed by atoms with E-state index in [1.807, 2.05) is 0 Å². The van der Waals surface area contributed by atoms with Crippen LogP contribution in [0.2, 0.25) is 0 Å². The van der Waals surface area contributed by atoms with Gasteiger partial charge >= 0.3 is 6.09 Å². The van der Waals surface area contributed by atoms with Gasteiger partial charge < -0.3 is 45.3 Å². The predicted molar refractivity (Wildman–Crippen MR) is 118 cm³/mol. The first-order valence-corrected chi connectivity index (χ1v) is 11.3. The van der Waals surface area contributed by atoms with Crippen molar-refractivity contribution >= 4 is 24.7 Å². The summed E-state index contributed by atoms with van der Waals surface area (Å²) in [5.74, 6) is 0.152. The average molecular weight is 482 g/mol. The summed E-state index contributed by atoms with van der Waals surface area (Å²) in [4.78, 5) is 36.2. The van der Waals surface area contributed by atoms with E-state index in [9.17, 15) is 19.8 Å². The summed E-state index contributed by atoms with van der Waals surface area (Å²) in [5.41, 5.74) is 0.463. The Morgan fingerprint density at radius 1 is 1.26 bits per heavy atom. The highest BCUT2D eigenvalue weighted by molar-refractivity contribution is 5.79. The zero-order chi connectivity index (χ0) is 24.1. The number of aliphatic imine (C=N–C) groups is 2. The SMILES string of the molecule is COC(=O)NC[C@H]1O[C@@H](N2C=NC3=C(NC(=O)CCCN4CCOCC4)N=CNC32)[C@H](O)[C@@H]1O. The molecule has 14 nitrogen and oxygen atoms in total. The molecule has 34 heavy (non-hydrogen) atoms. The fourth-order valence-electron chi connectivity index (χ4n) is 4.19. The molecule has 14 heteroatoms. The van der Waals surface area contributed by atoms with Crippen molar-refractivity contribution in [3.05, 3.63) is 11.5 Å². The van der Waals surface area contributed by atoms with Crippen molar-refractivity contribution in [1.82, 2.24) is 25.8 Å². The molecule has 0 aliphatic carbocycles. The Balaban J connectivity index is 1.32. The van der Waals surface area contributed by atoms with E-state index in [1.54, 1.807) is 4.90 Å². The van der Waals surface area contributed by atoms with E-state index < -0.39 is 36.8 Å². The lowest BCUT2D eigenvalue weighted by Crippen LogP contribution is -2.53. The molecule has 4 rings (SSSR count). The highest BCUT2D eigenvalue weighted by Crippen LogP contribution is 2.30. The molecule has 0 saturated carbocycles. The van der Waals surface area contributed by atoms with E-state index in [0.29, 0.717) is 17.9 Å². The Kier molecular flexibility index (Phi) is 7.95. The van der Waals surface area contributed by atoms with Gasteiger partial charge in [0.25, 0.3) is 0 Å². The quantitative estimate of drug-likeness (QED) is 0.250. The number of morpholine rings is 1. The number of aliphatic hydroxyl groups is 2.